The molecule has 124 valence electrons. The highest BCUT2D eigenvalue weighted by Crippen LogP contribution is 2.14. The number of benzene rings is 2. The van der Waals surface area contributed by atoms with Crippen molar-refractivity contribution in [1.82, 2.24) is 9.91 Å². The highest BCUT2D eigenvalue weighted by Gasteiger charge is 2.22. The average Bonchev–Trinajstić information content (AvgIpc) is 3.08. The van der Waals surface area contributed by atoms with Crippen molar-refractivity contribution < 1.29 is 9.18 Å². The van der Waals surface area contributed by atoms with Gasteiger partial charge in [0, 0.05) is 18.5 Å². The summed E-state index contributed by atoms with van der Waals surface area (Å²) in [6.07, 6.45) is 0.757. The van der Waals surface area contributed by atoms with E-state index in [4.69, 9.17) is 0 Å². The van der Waals surface area contributed by atoms with Gasteiger partial charge >= 0.3 is 0 Å². The Hall–Kier alpha value is -2.53. The summed E-state index contributed by atoms with van der Waals surface area (Å²) < 4.78 is 13.7. The van der Waals surface area contributed by atoms with Gasteiger partial charge in [0.25, 0.3) is 5.91 Å². The highest BCUT2D eigenvalue weighted by atomic mass is 19.1. The maximum absolute atomic E-state index is 13.7. The van der Waals surface area contributed by atoms with Crippen molar-refractivity contribution in [2.45, 2.75) is 13.0 Å². The molecule has 1 aliphatic heterocycles. The molecule has 0 unspecified atom stereocenters. The largest absolute Gasteiger partial charge is 0.293 e. The van der Waals surface area contributed by atoms with E-state index in [1.54, 1.807) is 23.1 Å². The van der Waals surface area contributed by atoms with Crippen molar-refractivity contribution in [2.24, 2.45) is 5.10 Å². The Morgan fingerprint density at radius 2 is 1.88 bits per heavy atom. The summed E-state index contributed by atoms with van der Waals surface area (Å²) in [7, 11) is 1.81. The lowest BCUT2D eigenvalue weighted by Crippen LogP contribution is -2.34. The molecule has 2 aromatic carbocycles. The number of carbonyl (C=O) groups excluding carboxylic acids is 1. The fraction of sp³-hybridized carbons (Fsp3) is 0.263. The Morgan fingerprint density at radius 3 is 2.62 bits per heavy atom. The van der Waals surface area contributed by atoms with Crippen LogP contribution in [0, 0.1) is 5.82 Å². The third-order valence-electron chi connectivity index (χ3n) is 4.00. The molecular weight excluding hydrogens is 305 g/mol. The molecule has 24 heavy (non-hydrogen) atoms. The van der Waals surface area contributed by atoms with Gasteiger partial charge in [-0.05, 0) is 18.7 Å². The molecule has 1 heterocycles. The second-order valence-corrected chi connectivity index (χ2v) is 5.94. The molecule has 4 nitrogen and oxygen atoms in total. The van der Waals surface area contributed by atoms with Crippen LogP contribution in [0.25, 0.3) is 0 Å². The normalized spacial score (nSPS) is 14.1. The summed E-state index contributed by atoms with van der Waals surface area (Å²) in [6, 6.07) is 16.5. The summed E-state index contributed by atoms with van der Waals surface area (Å²) in [5.74, 6) is -0.317. The van der Waals surface area contributed by atoms with Gasteiger partial charge in [0.2, 0.25) is 0 Å². The zero-order valence-electron chi connectivity index (χ0n) is 13.7. The fourth-order valence-corrected chi connectivity index (χ4v) is 2.76. The second-order valence-electron chi connectivity index (χ2n) is 5.94. The van der Waals surface area contributed by atoms with Gasteiger partial charge in [-0.1, -0.05) is 48.5 Å². The summed E-state index contributed by atoms with van der Waals surface area (Å²) in [5, 5.41) is 5.95. The van der Waals surface area contributed by atoms with E-state index in [1.165, 1.54) is 11.1 Å². The number of hydrazone groups is 1. The Kier molecular flexibility index (Phi) is 5.01. The fourth-order valence-electron chi connectivity index (χ4n) is 2.76. The molecule has 1 aliphatic rings. The van der Waals surface area contributed by atoms with E-state index in [2.05, 4.69) is 5.10 Å². The van der Waals surface area contributed by atoms with Crippen LogP contribution >= 0.6 is 0 Å². The lowest BCUT2D eigenvalue weighted by atomic mass is 10.1. The molecule has 0 spiro atoms. The number of hydrogen-bond donors (Lipinski definition) is 0. The van der Waals surface area contributed by atoms with Crippen LogP contribution in [-0.2, 0) is 11.3 Å². The lowest BCUT2D eigenvalue weighted by Gasteiger charge is -2.19. The van der Waals surface area contributed by atoms with E-state index in [1.807, 2.05) is 37.4 Å². The minimum Gasteiger partial charge on any atom is -0.293 e. The summed E-state index contributed by atoms with van der Waals surface area (Å²) in [4.78, 5) is 14.2. The number of likely N-dealkylation sites (N-methyl/N-ethyl adjacent to an activating group) is 1. The zero-order valence-corrected chi connectivity index (χ0v) is 13.7. The molecule has 0 radical (unpaired) electrons. The standard InChI is InChI=1S/C19H20FN3O/c1-22(13-16-9-5-6-10-17(16)20)14-19(24)23-12-11-18(21-23)15-7-3-2-4-8-15/h2-10H,11-14H2,1H3. The van der Waals surface area contributed by atoms with Crippen molar-refractivity contribution in [3.63, 3.8) is 0 Å². The smallest absolute Gasteiger partial charge is 0.256 e. The van der Waals surface area contributed by atoms with Crippen LogP contribution in [0.3, 0.4) is 0 Å². The SMILES string of the molecule is CN(CC(=O)N1CCC(c2ccccc2)=N1)Cc1ccccc1F. The molecule has 0 saturated carbocycles. The first kappa shape index (κ1) is 16.3. The number of amides is 1. The first-order chi connectivity index (χ1) is 11.6. The van der Waals surface area contributed by atoms with Gasteiger partial charge in [0.15, 0.2) is 0 Å². The van der Waals surface area contributed by atoms with Crippen LogP contribution in [-0.4, -0.2) is 41.7 Å². The summed E-state index contributed by atoms with van der Waals surface area (Å²) in [5.41, 5.74) is 2.57. The van der Waals surface area contributed by atoms with Crippen molar-refractivity contribution >= 4 is 11.6 Å². The minimum absolute atomic E-state index is 0.0697. The molecule has 0 N–H and O–H groups in total. The van der Waals surface area contributed by atoms with Crippen LogP contribution in [0.1, 0.15) is 17.5 Å². The van der Waals surface area contributed by atoms with Crippen molar-refractivity contribution in [3.8, 4) is 0 Å². The van der Waals surface area contributed by atoms with Gasteiger partial charge in [-0.25, -0.2) is 9.40 Å². The molecular formula is C19H20FN3O. The predicted molar refractivity (Wildman–Crippen MR) is 92.0 cm³/mol. The van der Waals surface area contributed by atoms with Crippen molar-refractivity contribution in [2.75, 3.05) is 20.1 Å². The Morgan fingerprint density at radius 1 is 1.17 bits per heavy atom. The van der Waals surface area contributed by atoms with E-state index in [0.717, 1.165) is 17.7 Å². The third-order valence-corrected chi connectivity index (χ3v) is 4.00. The van der Waals surface area contributed by atoms with Crippen LogP contribution < -0.4 is 0 Å². The maximum Gasteiger partial charge on any atom is 0.256 e. The van der Waals surface area contributed by atoms with Crippen molar-refractivity contribution in [3.05, 3.63) is 71.5 Å². The van der Waals surface area contributed by atoms with Gasteiger partial charge in [-0.3, -0.25) is 9.69 Å². The zero-order chi connectivity index (χ0) is 16.9. The van der Waals surface area contributed by atoms with E-state index in [0.29, 0.717) is 18.7 Å². The van der Waals surface area contributed by atoms with E-state index < -0.39 is 0 Å². The lowest BCUT2D eigenvalue weighted by molar-refractivity contribution is -0.131. The molecule has 0 aromatic heterocycles. The average molecular weight is 325 g/mol. The topological polar surface area (TPSA) is 35.9 Å². The Balaban J connectivity index is 1.59. The van der Waals surface area contributed by atoms with E-state index in [-0.39, 0.29) is 18.3 Å². The number of carbonyl (C=O) groups is 1. The molecule has 0 fully saturated rings. The minimum atomic E-state index is -0.248. The number of hydrogen-bond acceptors (Lipinski definition) is 3. The molecule has 0 saturated heterocycles. The van der Waals surface area contributed by atoms with Crippen LogP contribution in [0.2, 0.25) is 0 Å². The van der Waals surface area contributed by atoms with Crippen LogP contribution in [0.4, 0.5) is 4.39 Å². The van der Waals surface area contributed by atoms with Gasteiger partial charge in [-0.15, -0.1) is 0 Å². The molecule has 3 rings (SSSR count). The van der Waals surface area contributed by atoms with Gasteiger partial charge < -0.3 is 0 Å². The number of nitrogens with zero attached hydrogens (tertiary/aromatic N) is 3. The first-order valence-corrected chi connectivity index (χ1v) is 7.98. The molecule has 0 atom stereocenters. The number of halogens is 1. The molecule has 2 aromatic rings. The maximum atomic E-state index is 13.7. The Labute approximate surface area is 141 Å². The molecule has 0 aliphatic carbocycles. The first-order valence-electron chi connectivity index (χ1n) is 7.98. The highest BCUT2D eigenvalue weighted by molar-refractivity contribution is 6.02. The summed E-state index contributed by atoms with van der Waals surface area (Å²) in [6.45, 7) is 1.19. The van der Waals surface area contributed by atoms with E-state index >= 15 is 0 Å². The van der Waals surface area contributed by atoms with Gasteiger partial charge in [0.05, 0.1) is 18.8 Å². The Bertz CT molecular complexity index is 745. The molecule has 0 bridgehead atoms. The van der Waals surface area contributed by atoms with E-state index in [9.17, 15) is 9.18 Å². The van der Waals surface area contributed by atoms with Crippen molar-refractivity contribution in [1.29, 1.82) is 0 Å². The third kappa shape index (κ3) is 3.86. The molecule has 5 heteroatoms. The number of rotatable bonds is 5. The molecule has 1 amide bonds. The van der Waals surface area contributed by atoms with Gasteiger partial charge in [0.1, 0.15) is 5.82 Å². The predicted octanol–water partition coefficient (Wildman–Crippen LogP) is 2.89. The monoisotopic (exact) mass is 325 g/mol. The van der Waals surface area contributed by atoms with Gasteiger partial charge in [-0.2, -0.15) is 5.10 Å². The van der Waals surface area contributed by atoms with Crippen LogP contribution in [0.5, 0.6) is 0 Å². The quantitative estimate of drug-likeness (QED) is 0.847. The van der Waals surface area contributed by atoms with Crippen LogP contribution in [0.15, 0.2) is 59.7 Å². The summed E-state index contributed by atoms with van der Waals surface area (Å²) >= 11 is 0. The second kappa shape index (κ2) is 7.36.